The molecule has 2 atom stereocenters. The van der Waals surface area contributed by atoms with Crippen LogP contribution < -0.4 is 0 Å². The second-order valence-electron chi connectivity index (χ2n) is 6.45. The summed E-state index contributed by atoms with van der Waals surface area (Å²) >= 11 is 1.90. The standard InChI is InChI=1S/C14H24N2O3S/c1-10-8-16(9-11(10)12(17)18)13(19)15-5-4-14(2,3)20-7-6-15/h10-11H,4-9H2,1-3H3,(H,17,18)/t10-,11-/m1/s1. The minimum absolute atomic E-state index is 0.0129. The zero-order valence-corrected chi connectivity index (χ0v) is 13.3. The van der Waals surface area contributed by atoms with Crippen molar-refractivity contribution in [1.82, 2.24) is 9.80 Å². The number of urea groups is 1. The third-order valence-electron chi connectivity index (χ3n) is 4.31. The molecule has 2 aliphatic heterocycles. The van der Waals surface area contributed by atoms with Crippen LogP contribution >= 0.6 is 11.8 Å². The summed E-state index contributed by atoms with van der Waals surface area (Å²) in [7, 11) is 0. The van der Waals surface area contributed by atoms with Crippen molar-refractivity contribution < 1.29 is 14.7 Å². The molecule has 0 aromatic rings. The molecule has 2 rings (SSSR count). The van der Waals surface area contributed by atoms with E-state index >= 15 is 0 Å². The Morgan fingerprint density at radius 3 is 2.50 bits per heavy atom. The van der Waals surface area contributed by atoms with Gasteiger partial charge in [-0.3, -0.25) is 4.79 Å². The fourth-order valence-corrected chi connectivity index (χ4v) is 3.96. The third-order valence-corrected chi connectivity index (χ3v) is 5.68. The van der Waals surface area contributed by atoms with Crippen LogP contribution in [0.15, 0.2) is 0 Å². The molecule has 5 nitrogen and oxygen atoms in total. The maximum atomic E-state index is 12.5. The van der Waals surface area contributed by atoms with Crippen molar-refractivity contribution in [2.45, 2.75) is 31.9 Å². The molecule has 1 N–H and O–H groups in total. The highest BCUT2D eigenvalue weighted by Crippen LogP contribution is 2.31. The largest absolute Gasteiger partial charge is 0.481 e. The van der Waals surface area contributed by atoms with E-state index in [4.69, 9.17) is 5.11 Å². The van der Waals surface area contributed by atoms with Crippen LogP contribution in [-0.2, 0) is 4.79 Å². The van der Waals surface area contributed by atoms with E-state index < -0.39 is 11.9 Å². The van der Waals surface area contributed by atoms with Crippen molar-refractivity contribution in [1.29, 1.82) is 0 Å². The molecule has 0 bridgehead atoms. The number of carboxylic acid groups (broad SMARTS) is 1. The minimum Gasteiger partial charge on any atom is -0.481 e. The number of thioether (sulfide) groups is 1. The van der Waals surface area contributed by atoms with Gasteiger partial charge in [0.1, 0.15) is 0 Å². The van der Waals surface area contributed by atoms with E-state index in [-0.39, 0.29) is 16.7 Å². The predicted octanol–water partition coefficient (Wildman–Crippen LogP) is 1.98. The molecule has 2 fully saturated rings. The maximum absolute atomic E-state index is 12.5. The normalized spacial score (nSPS) is 30.1. The molecule has 6 heteroatoms. The van der Waals surface area contributed by atoms with Crippen molar-refractivity contribution in [2.24, 2.45) is 11.8 Å². The Morgan fingerprint density at radius 2 is 1.90 bits per heavy atom. The lowest BCUT2D eigenvalue weighted by Crippen LogP contribution is -2.43. The Morgan fingerprint density at radius 1 is 1.20 bits per heavy atom. The van der Waals surface area contributed by atoms with Crippen LogP contribution in [0.4, 0.5) is 4.79 Å². The first-order valence-electron chi connectivity index (χ1n) is 7.21. The summed E-state index contributed by atoms with van der Waals surface area (Å²) in [6, 6.07) is 0.0129. The van der Waals surface area contributed by atoms with Crippen LogP contribution in [0.2, 0.25) is 0 Å². The molecule has 0 unspecified atom stereocenters. The fourth-order valence-electron chi connectivity index (χ4n) is 2.86. The lowest BCUT2D eigenvalue weighted by molar-refractivity contribution is -0.142. The Hall–Kier alpha value is -0.910. The fraction of sp³-hybridized carbons (Fsp3) is 0.857. The number of rotatable bonds is 1. The van der Waals surface area contributed by atoms with Gasteiger partial charge in [-0.15, -0.1) is 0 Å². The first-order valence-corrected chi connectivity index (χ1v) is 8.19. The highest BCUT2D eigenvalue weighted by Gasteiger charge is 2.39. The monoisotopic (exact) mass is 300 g/mol. The highest BCUT2D eigenvalue weighted by atomic mass is 32.2. The van der Waals surface area contributed by atoms with Gasteiger partial charge >= 0.3 is 12.0 Å². The molecule has 0 aromatic carbocycles. The first kappa shape index (κ1) is 15.5. The number of hydrogen-bond acceptors (Lipinski definition) is 3. The van der Waals surface area contributed by atoms with Crippen molar-refractivity contribution in [3.63, 3.8) is 0 Å². The molecule has 2 saturated heterocycles. The zero-order chi connectivity index (χ0) is 14.9. The molecule has 2 heterocycles. The van der Waals surface area contributed by atoms with Crippen LogP contribution in [-0.4, -0.2) is 63.6 Å². The van der Waals surface area contributed by atoms with E-state index in [1.165, 1.54) is 0 Å². The van der Waals surface area contributed by atoms with Crippen LogP contribution in [0, 0.1) is 11.8 Å². The van der Waals surface area contributed by atoms with Gasteiger partial charge in [-0.2, -0.15) is 11.8 Å². The summed E-state index contributed by atoms with van der Waals surface area (Å²) in [5, 5.41) is 9.15. The number of carbonyl (C=O) groups is 2. The lowest BCUT2D eigenvalue weighted by Gasteiger charge is -2.27. The molecule has 0 saturated carbocycles. The van der Waals surface area contributed by atoms with Gasteiger partial charge in [-0.05, 0) is 12.3 Å². The molecule has 0 aromatic heterocycles. The van der Waals surface area contributed by atoms with E-state index in [0.717, 1.165) is 25.3 Å². The Kier molecular flexibility index (Phi) is 4.52. The number of nitrogens with zero attached hydrogens (tertiary/aromatic N) is 2. The summed E-state index contributed by atoms with van der Waals surface area (Å²) in [6.45, 7) is 8.77. The average Bonchev–Trinajstić information content (AvgIpc) is 2.65. The van der Waals surface area contributed by atoms with E-state index in [0.29, 0.717) is 13.1 Å². The maximum Gasteiger partial charge on any atom is 0.320 e. The summed E-state index contributed by atoms with van der Waals surface area (Å²) in [4.78, 5) is 27.3. The van der Waals surface area contributed by atoms with E-state index in [1.807, 2.05) is 23.6 Å². The first-order chi connectivity index (χ1) is 9.30. The van der Waals surface area contributed by atoms with Gasteiger partial charge in [0.05, 0.1) is 5.92 Å². The van der Waals surface area contributed by atoms with E-state index in [2.05, 4.69) is 13.8 Å². The summed E-state index contributed by atoms with van der Waals surface area (Å²) in [5.41, 5.74) is 0. The van der Waals surface area contributed by atoms with Crippen LogP contribution in [0.25, 0.3) is 0 Å². The van der Waals surface area contributed by atoms with Crippen molar-refractivity contribution in [2.75, 3.05) is 31.9 Å². The van der Waals surface area contributed by atoms with Crippen molar-refractivity contribution >= 4 is 23.8 Å². The van der Waals surface area contributed by atoms with Crippen LogP contribution in [0.3, 0.4) is 0 Å². The predicted molar refractivity (Wildman–Crippen MR) is 80.0 cm³/mol. The second-order valence-corrected chi connectivity index (χ2v) is 8.26. The Balaban J connectivity index is 1.97. The molecule has 2 aliphatic rings. The average molecular weight is 300 g/mol. The molecule has 0 radical (unpaired) electrons. The number of aliphatic carboxylic acids is 1. The summed E-state index contributed by atoms with van der Waals surface area (Å²) in [5.74, 6) is -0.226. The van der Waals surface area contributed by atoms with E-state index in [9.17, 15) is 9.59 Å². The SMILES string of the molecule is C[C@@H]1CN(C(=O)N2CCSC(C)(C)CC2)C[C@H]1C(=O)O. The number of hydrogen-bond donors (Lipinski definition) is 1. The summed E-state index contributed by atoms with van der Waals surface area (Å²) in [6.07, 6.45) is 0.981. The van der Waals surface area contributed by atoms with Crippen molar-refractivity contribution in [3.8, 4) is 0 Å². The van der Waals surface area contributed by atoms with Crippen molar-refractivity contribution in [3.05, 3.63) is 0 Å². The molecule has 114 valence electrons. The molecule has 2 amide bonds. The highest BCUT2D eigenvalue weighted by molar-refractivity contribution is 8.00. The van der Waals surface area contributed by atoms with Gasteiger partial charge in [0.2, 0.25) is 0 Å². The molecule has 20 heavy (non-hydrogen) atoms. The summed E-state index contributed by atoms with van der Waals surface area (Å²) < 4.78 is 0.219. The quantitative estimate of drug-likeness (QED) is 0.804. The smallest absolute Gasteiger partial charge is 0.320 e. The molecule has 0 spiro atoms. The van der Waals surface area contributed by atoms with E-state index in [1.54, 1.807) is 4.90 Å². The minimum atomic E-state index is -0.791. The second kappa shape index (κ2) is 5.84. The number of carboxylic acids is 1. The Bertz CT molecular complexity index is 400. The number of amides is 2. The number of carbonyl (C=O) groups excluding carboxylic acids is 1. The zero-order valence-electron chi connectivity index (χ0n) is 12.5. The topological polar surface area (TPSA) is 60.9 Å². The van der Waals surface area contributed by atoms with Crippen LogP contribution in [0.5, 0.6) is 0 Å². The van der Waals surface area contributed by atoms with Gasteiger partial charge in [0, 0.05) is 36.7 Å². The third kappa shape index (κ3) is 3.40. The lowest BCUT2D eigenvalue weighted by atomic mass is 9.99. The van der Waals surface area contributed by atoms with Gasteiger partial charge in [-0.1, -0.05) is 20.8 Å². The van der Waals surface area contributed by atoms with Gasteiger partial charge in [0.25, 0.3) is 0 Å². The van der Waals surface area contributed by atoms with Gasteiger partial charge < -0.3 is 14.9 Å². The molecule has 0 aliphatic carbocycles. The van der Waals surface area contributed by atoms with Gasteiger partial charge in [-0.25, -0.2) is 4.79 Å². The Labute approximate surface area is 124 Å². The van der Waals surface area contributed by atoms with Crippen LogP contribution in [0.1, 0.15) is 27.2 Å². The van der Waals surface area contributed by atoms with Gasteiger partial charge in [0.15, 0.2) is 0 Å². The molecular weight excluding hydrogens is 276 g/mol. The number of likely N-dealkylation sites (tertiary alicyclic amines) is 1. The molecular formula is C14H24N2O3S.